The molecule has 6 nitrogen and oxygen atoms in total. The minimum Gasteiger partial charge on any atom is -0.378 e. The third-order valence-electron chi connectivity index (χ3n) is 2.22. The summed E-state index contributed by atoms with van der Waals surface area (Å²) in [5.74, 6) is 0.425. The van der Waals surface area contributed by atoms with Crippen LogP contribution in [0.1, 0.15) is 0 Å². The second-order valence-corrected chi connectivity index (χ2v) is 3.46. The molecule has 2 rings (SSSR count). The van der Waals surface area contributed by atoms with Crippen LogP contribution in [0, 0.1) is 11.5 Å². The van der Waals surface area contributed by atoms with Crippen molar-refractivity contribution in [2.45, 2.75) is 0 Å². The van der Waals surface area contributed by atoms with Gasteiger partial charge in [0.05, 0.1) is 5.69 Å². The van der Waals surface area contributed by atoms with Crippen LogP contribution < -0.4 is 15.2 Å². The van der Waals surface area contributed by atoms with Crippen LogP contribution in [0.15, 0.2) is 54.9 Å². The fourth-order valence-corrected chi connectivity index (χ4v) is 1.35. The van der Waals surface area contributed by atoms with Gasteiger partial charge >= 0.3 is 6.03 Å². The lowest BCUT2D eigenvalue weighted by atomic mass is 10.3. The summed E-state index contributed by atoms with van der Waals surface area (Å²) >= 11 is 0. The van der Waals surface area contributed by atoms with Crippen molar-refractivity contribution in [3.05, 3.63) is 54.9 Å². The number of carbonyl (C=O) groups is 1. The quantitative estimate of drug-likeness (QED) is 0.516. The highest BCUT2D eigenvalue weighted by Crippen LogP contribution is 2.12. The zero-order valence-electron chi connectivity index (χ0n) is 9.85. The fraction of sp³-hybridized carbons (Fsp3) is 0. The molecule has 1 heterocycles. The Bertz CT molecular complexity index is 581. The van der Waals surface area contributed by atoms with Crippen molar-refractivity contribution in [3.63, 3.8) is 0 Å². The summed E-state index contributed by atoms with van der Waals surface area (Å²) in [6.07, 6.45) is 4.84. The number of nitrogens with one attached hydrogen (secondary N) is 1. The van der Waals surface area contributed by atoms with Crippen molar-refractivity contribution in [1.29, 1.82) is 5.26 Å². The summed E-state index contributed by atoms with van der Waals surface area (Å²) < 4.78 is 0. The summed E-state index contributed by atoms with van der Waals surface area (Å²) in [4.78, 5) is 21.5. The summed E-state index contributed by atoms with van der Waals surface area (Å²) in [5.41, 5.74) is 2.64. The molecule has 0 aliphatic rings. The fourth-order valence-electron chi connectivity index (χ4n) is 1.35. The van der Waals surface area contributed by atoms with E-state index in [-0.39, 0.29) is 0 Å². The largest absolute Gasteiger partial charge is 0.378 e. The van der Waals surface area contributed by atoms with Crippen LogP contribution in [0.3, 0.4) is 0 Å². The van der Waals surface area contributed by atoms with Crippen LogP contribution in [0.2, 0.25) is 0 Å². The number of nitriles is 1. The van der Waals surface area contributed by atoms with E-state index in [0.29, 0.717) is 11.4 Å². The molecular formula is C13H10N4O2. The van der Waals surface area contributed by atoms with Gasteiger partial charge in [-0.1, -0.05) is 18.2 Å². The number of benzene rings is 1. The summed E-state index contributed by atoms with van der Waals surface area (Å²) in [5, 5.41) is 9.00. The topological polar surface area (TPSA) is 78.2 Å². The minimum absolute atomic E-state index is 0.425. The number of para-hydroxylation sites is 1. The number of rotatable bonds is 3. The molecule has 0 saturated carbocycles. The highest BCUT2D eigenvalue weighted by atomic mass is 16.7. The van der Waals surface area contributed by atoms with Gasteiger partial charge < -0.3 is 4.84 Å². The highest BCUT2D eigenvalue weighted by molar-refractivity contribution is 5.94. The molecule has 1 N–H and O–H groups in total. The second-order valence-electron chi connectivity index (χ2n) is 3.46. The van der Waals surface area contributed by atoms with E-state index in [4.69, 9.17) is 10.1 Å². The average Bonchev–Trinajstić information content (AvgIpc) is 2.48. The number of urea groups is 1. The van der Waals surface area contributed by atoms with Gasteiger partial charge in [-0.25, -0.2) is 4.79 Å². The van der Waals surface area contributed by atoms with Crippen LogP contribution in [0.4, 0.5) is 10.5 Å². The molecule has 1 aromatic carbocycles. The van der Waals surface area contributed by atoms with E-state index < -0.39 is 6.03 Å². The molecule has 0 atom stereocenters. The smallest absolute Gasteiger partial charge is 0.368 e. The third kappa shape index (κ3) is 3.20. The van der Waals surface area contributed by atoms with Crippen LogP contribution in [-0.2, 0) is 0 Å². The molecule has 0 fully saturated rings. The molecule has 0 saturated heterocycles. The molecule has 0 aliphatic heterocycles. The average molecular weight is 254 g/mol. The van der Waals surface area contributed by atoms with Gasteiger partial charge in [0.15, 0.2) is 11.9 Å². The Hall–Kier alpha value is -3.07. The Kier molecular flexibility index (Phi) is 3.93. The summed E-state index contributed by atoms with van der Waals surface area (Å²) in [6.45, 7) is 0. The van der Waals surface area contributed by atoms with Gasteiger partial charge in [0.25, 0.3) is 0 Å². The molecule has 2 aromatic rings. The highest BCUT2D eigenvalue weighted by Gasteiger charge is 2.15. The molecule has 0 radical (unpaired) electrons. The SMILES string of the molecule is N#CN(C(=O)NOc1ccncc1)c1ccccc1. The first-order valence-corrected chi connectivity index (χ1v) is 5.43. The van der Waals surface area contributed by atoms with Crippen molar-refractivity contribution in [2.75, 3.05) is 4.90 Å². The minimum atomic E-state index is -0.675. The molecule has 94 valence electrons. The molecule has 19 heavy (non-hydrogen) atoms. The third-order valence-corrected chi connectivity index (χ3v) is 2.22. The number of anilines is 1. The molecule has 0 bridgehead atoms. The number of amides is 2. The Morgan fingerprint density at radius 1 is 1.21 bits per heavy atom. The number of hydrogen-bond donors (Lipinski definition) is 1. The van der Waals surface area contributed by atoms with Crippen LogP contribution in [0.25, 0.3) is 0 Å². The summed E-state index contributed by atoms with van der Waals surface area (Å²) in [6, 6.07) is 11.0. The van der Waals surface area contributed by atoms with E-state index in [9.17, 15) is 4.79 Å². The van der Waals surface area contributed by atoms with Crippen molar-refractivity contribution in [1.82, 2.24) is 10.5 Å². The van der Waals surface area contributed by atoms with Gasteiger partial charge in [-0.15, -0.1) is 0 Å². The predicted molar refractivity (Wildman–Crippen MR) is 67.9 cm³/mol. The lowest BCUT2D eigenvalue weighted by Crippen LogP contribution is -2.38. The first-order chi connectivity index (χ1) is 9.31. The number of pyridine rings is 1. The van der Waals surface area contributed by atoms with Gasteiger partial charge in [-0.05, 0) is 12.1 Å². The Balaban J connectivity index is 2.01. The van der Waals surface area contributed by atoms with Crippen molar-refractivity contribution in [3.8, 4) is 11.9 Å². The molecule has 0 aliphatic carbocycles. The molecule has 1 aromatic heterocycles. The van der Waals surface area contributed by atoms with Crippen LogP contribution >= 0.6 is 0 Å². The molecule has 2 amide bonds. The van der Waals surface area contributed by atoms with Gasteiger partial charge in [-0.3, -0.25) is 4.98 Å². The van der Waals surface area contributed by atoms with E-state index in [1.54, 1.807) is 48.7 Å². The molecule has 0 unspecified atom stereocenters. The first kappa shape index (κ1) is 12.4. The number of aromatic nitrogens is 1. The number of hydroxylamine groups is 1. The Morgan fingerprint density at radius 2 is 1.89 bits per heavy atom. The zero-order valence-corrected chi connectivity index (χ0v) is 9.85. The molecule has 0 spiro atoms. The number of carbonyl (C=O) groups excluding carboxylic acids is 1. The van der Waals surface area contributed by atoms with Gasteiger partial charge in [0, 0.05) is 24.5 Å². The van der Waals surface area contributed by atoms with Crippen molar-refractivity contribution < 1.29 is 9.63 Å². The number of hydrogen-bond acceptors (Lipinski definition) is 4. The maximum atomic E-state index is 11.8. The maximum absolute atomic E-state index is 11.8. The zero-order chi connectivity index (χ0) is 13.5. The maximum Gasteiger partial charge on any atom is 0.368 e. The van der Waals surface area contributed by atoms with Crippen LogP contribution in [0.5, 0.6) is 5.75 Å². The van der Waals surface area contributed by atoms with Gasteiger partial charge in [0.1, 0.15) is 0 Å². The summed E-state index contributed by atoms with van der Waals surface area (Å²) in [7, 11) is 0. The lowest BCUT2D eigenvalue weighted by Gasteiger charge is -2.14. The van der Waals surface area contributed by atoms with Gasteiger partial charge in [-0.2, -0.15) is 15.6 Å². The van der Waals surface area contributed by atoms with Crippen LogP contribution in [-0.4, -0.2) is 11.0 Å². The molecular weight excluding hydrogens is 244 g/mol. The van der Waals surface area contributed by atoms with Gasteiger partial charge in [0.2, 0.25) is 0 Å². The van der Waals surface area contributed by atoms with E-state index in [1.807, 2.05) is 0 Å². The first-order valence-electron chi connectivity index (χ1n) is 5.43. The lowest BCUT2D eigenvalue weighted by molar-refractivity contribution is 0.185. The van der Waals surface area contributed by atoms with Crippen molar-refractivity contribution in [2.24, 2.45) is 0 Å². The number of nitrogens with zero attached hydrogens (tertiary/aromatic N) is 3. The second kappa shape index (κ2) is 6.02. The van der Waals surface area contributed by atoms with E-state index in [1.165, 1.54) is 12.4 Å². The van der Waals surface area contributed by atoms with Crippen molar-refractivity contribution >= 4 is 11.7 Å². The monoisotopic (exact) mass is 254 g/mol. The molecule has 6 heteroatoms. The van der Waals surface area contributed by atoms with E-state index in [2.05, 4.69) is 10.5 Å². The predicted octanol–water partition coefficient (Wildman–Crippen LogP) is 2.07. The normalized spacial score (nSPS) is 9.21. The van der Waals surface area contributed by atoms with E-state index in [0.717, 1.165) is 4.90 Å². The van der Waals surface area contributed by atoms with E-state index >= 15 is 0 Å². The Labute approximate surface area is 109 Å². The Morgan fingerprint density at radius 3 is 2.53 bits per heavy atom. The standard InChI is InChI=1S/C13H10N4O2/c14-10-17(11-4-2-1-3-5-11)13(18)16-19-12-6-8-15-9-7-12/h1-9H,(H,16,18).